The van der Waals surface area contributed by atoms with E-state index in [0.29, 0.717) is 5.56 Å². The van der Waals surface area contributed by atoms with Gasteiger partial charge in [-0.25, -0.2) is 4.98 Å². The van der Waals surface area contributed by atoms with Gasteiger partial charge in [0.1, 0.15) is 0 Å². The number of hydrogen-bond donors (Lipinski definition) is 1. The monoisotopic (exact) mass is 426 g/mol. The number of morpholine rings is 1. The van der Waals surface area contributed by atoms with Crippen molar-refractivity contribution in [3.05, 3.63) is 78.1 Å². The summed E-state index contributed by atoms with van der Waals surface area (Å²) in [6.07, 6.45) is 3.77. The predicted molar refractivity (Wildman–Crippen MR) is 128 cm³/mol. The molecule has 1 aliphatic rings. The van der Waals surface area contributed by atoms with Crippen LogP contribution in [0.25, 0.3) is 16.9 Å². The summed E-state index contributed by atoms with van der Waals surface area (Å²) in [4.78, 5) is 18.5. The largest absolute Gasteiger partial charge is 0.378 e. The number of ether oxygens (including phenoxy) is 1. The number of carbonyl (C=O) groups is 1. The fourth-order valence-corrected chi connectivity index (χ4v) is 4.27. The van der Waals surface area contributed by atoms with Gasteiger partial charge in [0, 0.05) is 42.4 Å². The molecule has 0 aliphatic carbocycles. The predicted octanol–water partition coefficient (Wildman–Crippen LogP) is 5.09. The van der Waals surface area contributed by atoms with Crippen LogP contribution in [0.1, 0.15) is 22.8 Å². The van der Waals surface area contributed by atoms with Gasteiger partial charge in [-0.05, 0) is 55.3 Å². The molecular formula is C26H26N4O2. The van der Waals surface area contributed by atoms with Crippen molar-refractivity contribution in [3.63, 3.8) is 0 Å². The first-order chi connectivity index (χ1) is 15.6. The summed E-state index contributed by atoms with van der Waals surface area (Å²) < 4.78 is 7.55. The SMILES string of the molecule is CC(=O)c1ccc(-c2ccc(Nc3ccc(N4CCOCC4)c(C)c3)c3nccn23)cc1. The van der Waals surface area contributed by atoms with Gasteiger partial charge in [-0.15, -0.1) is 0 Å². The van der Waals surface area contributed by atoms with E-state index in [9.17, 15) is 4.79 Å². The average Bonchev–Trinajstić information content (AvgIpc) is 3.31. The molecule has 0 radical (unpaired) electrons. The zero-order chi connectivity index (χ0) is 22.1. The third-order valence-electron chi connectivity index (χ3n) is 5.96. The van der Waals surface area contributed by atoms with E-state index in [1.165, 1.54) is 11.3 Å². The Hall–Kier alpha value is -3.64. The molecule has 6 heteroatoms. The van der Waals surface area contributed by atoms with Crippen molar-refractivity contribution >= 4 is 28.5 Å². The Morgan fingerprint density at radius 2 is 1.81 bits per heavy atom. The number of Topliss-reactive ketones (excluding diaryl/α,β-unsaturated/α-hetero) is 1. The molecule has 0 saturated carbocycles. The van der Waals surface area contributed by atoms with Crippen LogP contribution in [0.15, 0.2) is 67.0 Å². The maximum Gasteiger partial charge on any atom is 0.161 e. The second-order valence-corrected chi connectivity index (χ2v) is 8.11. The number of fused-ring (bicyclic) bond motifs is 1. The second kappa shape index (κ2) is 8.48. The van der Waals surface area contributed by atoms with E-state index in [1.54, 1.807) is 13.1 Å². The fraction of sp³-hybridized carbons (Fsp3) is 0.231. The number of carbonyl (C=O) groups excluding carboxylic acids is 1. The van der Waals surface area contributed by atoms with E-state index >= 15 is 0 Å². The molecule has 2 aromatic carbocycles. The molecule has 4 aromatic rings. The topological polar surface area (TPSA) is 58.9 Å². The number of rotatable bonds is 5. The summed E-state index contributed by atoms with van der Waals surface area (Å²) >= 11 is 0. The second-order valence-electron chi connectivity index (χ2n) is 8.11. The van der Waals surface area contributed by atoms with Gasteiger partial charge in [0.2, 0.25) is 0 Å². The number of aryl methyl sites for hydroxylation is 1. The molecule has 1 aliphatic heterocycles. The lowest BCUT2D eigenvalue weighted by molar-refractivity contribution is 0.101. The molecule has 1 N–H and O–H groups in total. The number of aromatic nitrogens is 2. The van der Waals surface area contributed by atoms with Crippen LogP contribution in [0.3, 0.4) is 0 Å². The molecule has 0 spiro atoms. The number of imidazole rings is 1. The third-order valence-corrected chi connectivity index (χ3v) is 5.96. The number of ketones is 1. The van der Waals surface area contributed by atoms with Crippen molar-refractivity contribution in [2.24, 2.45) is 0 Å². The van der Waals surface area contributed by atoms with Crippen molar-refractivity contribution in [1.29, 1.82) is 0 Å². The van der Waals surface area contributed by atoms with Gasteiger partial charge in [0.05, 0.1) is 24.6 Å². The highest BCUT2D eigenvalue weighted by Crippen LogP contribution is 2.30. The lowest BCUT2D eigenvalue weighted by atomic mass is 10.1. The first-order valence-electron chi connectivity index (χ1n) is 10.9. The molecular weight excluding hydrogens is 400 g/mol. The van der Waals surface area contributed by atoms with Crippen LogP contribution in [-0.4, -0.2) is 41.5 Å². The van der Waals surface area contributed by atoms with Gasteiger partial charge in [-0.2, -0.15) is 0 Å². The summed E-state index contributed by atoms with van der Waals surface area (Å²) in [5.74, 6) is 0.0683. The molecule has 0 atom stereocenters. The van der Waals surface area contributed by atoms with Crippen LogP contribution < -0.4 is 10.2 Å². The van der Waals surface area contributed by atoms with E-state index in [0.717, 1.165) is 54.6 Å². The van der Waals surface area contributed by atoms with Gasteiger partial charge in [-0.3, -0.25) is 9.20 Å². The van der Waals surface area contributed by atoms with Crippen LogP contribution in [0.5, 0.6) is 0 Å². The molecule has 6 nitrogen and oxygen atoms in total. The zero-order valence-corrected chi connectivity index (χ0v) is 18.3. The first kappa shape index (κ1) is 20.3. The van der Waals surface area contributed by atoms with E-state index in [-0.39, 0.29) is 5.78 Å². The number of pyridine rings is 1. The summed E-state index contributed by atoms with van der Waals surface area (Å²) in [6.45, 7) is 7.14. The molecule has 1 saturated heterocycles. The van der Waals surface area contributed by atoms with Crippen LogP contribution in [0.4, 0.5) is 17.1 Å². The molecule has 162 valence electrons. The molecule has 0 unspecified atom stereocenters. The molecule has 1 fully saturated rings. The average molecular weight is 427 g/mol. The van der Waals surface area contributed by atoms with E-state index < -0.39 is 0 Å². The Morgan fingerprint density at radius 3 is 2.53 bits per heavy atom. The molecule has 5 rings (SSSR count). The zero-order valence-electron chi connectivity index (χ0n) is 18.3. The van der Waals surface area contributed by atoms with Crippen molar-refractivity contribution < 1.29 is 9.53 Å². The molecule has 32 heavy (non-hydrogen) atoms. The van der Waals surface area contributed by atoms with Crippen molar-refractivity contribution in [2.45, 2.75) is 13.8 Å². The van der Waals surface area contributed by atoms with Crippen molar-refractivity contribution in [3.8, 4) is 11.3 Å². The smallest absolute Gasteiger partial charge is 0.161 e. The Kier molecular flexibility index (Phi) is 5.37. The highest BCUT2D eigenvalue weighted by molar-refractivity contribution is 5.94. The Labute approximate surface area is 187 Å². The summed E-state index contributed by atoms with van der Waals surface area (Å²) in [5, 5.41) is 3.54. The lowest BCUT2D eigenvalue weighted by Gasteiger charge is -2.30. The Balaban J connectivity index is 1.43. The van der Waals surface area contributed by atoms with Gasteiger partial charge in [0.25, 0.3) is 0 Å². The lowest BCUT2D eigenvalue weighted by Crippen LogP contribution is -2.36. The van der Waals surface area contributed by atoms with Crippen LogP contribution >= 0.6 is 0 Å². The number of anilines is 3. The maximum absolute atomic E-state index is 11.6. The van der Waals surface area contributed by atoms with Crippen molar-refractivity contribution in [1.82, 2.24) is 9.38 Å². The highest BCUT2D eigenvalue weighted by atomic mass is 16.5. The summed E-state index contributed by atoms with van der Waals surface area (Å²) in [7, 11) is 0. The summed E-state index contributed by atoms with van der Waals surface area (Å²) in [5.41, 5.74) is 8.10. The third kappa shape index (κ3) is 3.85. The molecule has 0 amide bonds. The van der Waals surface area contributed by atoms with E-state index in [1.807, 2.05) is 30.5 Å². The van der Waals surface area contributed by atoms with Crippen LogP contribution in [-0.2, 0) is 4.74 Å². The number of benzene rings is 2. The molecule has 0 bridgehead atoms. The fourth-order valence-electron chi connectivity index (χ4n) is 4.27. The number of hydrogen-bond acceptors (Lipinski definition) is 5. The quantitative estimate of drug-likeness (QED) is 0.450. The normalized spacial score (nSPS) is 14.0. The highest BCUT2D eigenvalue weighted by Gasteiger charge is 2.14. The minimum atomic E-state index is 0.0683. The van der Waals surface area contributed by atoms with Crippen LogP contribution in [0, 0.1) is 6.92 Å². The Bertz CT molecular complexity index is 1270. The molecule has 2 aromatic heterocycles. The minimum absolute atomic E-state index is 0.0683. The van der Waals surface area contributed by atoms with Gasteiger partial charge in [-0.1, -0.05) is 24.3 Å². The van der Waals surface area contributed by atoms with E-state index in [4.69, 9.17) is 4.74 Å². The van der Waals surface area contributed by atoms with Gasteiger partial charge < -0.3 is 15.0 Å². The van der Waals surface area contributed by atoms with Crippen LogP contribution in [0.2, 0.25) is 0 Å². The van der Waals surface area contributed by atoms with Gasteiger partial charge in [0.15, 0.2) is 11.4 Å². The first-order valence-corrected chi connectivity index (χ1v) is 10.9. The number of nitrogens with zero attached hydrogens (tertiary/aromatic N) is 3. The van der Waals surface area contributed by atoms with E-state index in [2.05, 4.69) is 56.9 Å². The maximum atomic E-state index is 11.6. The van der Waals surface area contributed by atoms with Gasteiger partial charge >= 0.3 is 0 Å². The summed E-state index contributed by atoms with van der Waals surface area (Å²) in [6, 6.07) is 18.3. The number of nitrogens with one attached hydrogen (secondary N) is 1. The van der Waals surface area contributed by atoms with Crippen molar-refractivity contribution in [2.75, 3.05) is 36.5 Å². The standard InChI is InChI=1S/C26H26N4O2/c1-18-17-22(7-9-24(18)29-13-15-32-16-14-29)28-23-8-10-25(30-12-11-27-26(23)30)21-5-3-20(4-6-21)19(2)31/h3-12,17,28H,13-16H2,1-2H3. The molecule has 3 heterocycles. The Morgan fingerprint density at radius 1 is 1.03 bits per heavy atom. The minimum Gasteiger partial charge on any atom is -0.378 e.